The van der Waals surface area contributed by atoms with E-state index in [0.717, 1.165) is 12.5 Å². The van der Waals surface area contributed by atoms with Gasteiger partial charge in [-0.05, 0) is 49.3 Å². The lowest BCUT2D eigenvalue weighted by Crippen LogP contribution is -2.08. The van der Waals surface area contributed by atoms with Crippen molar-refractivity contribution in [2.24, 2.45) is 11.7 Å². The van der Waals surface area contributed by atoms with Crippen molar-refractivity contribution in [3.63, 3.8) is 0 Å². The zero-order valence-corrected chi connectivity index (χ0v) is 21.4. The third kappa shape index (κ3) is 15.0. The molecule has 0 aromatic heterocycles. The van der Waals surface area contributed by atoms with Gasteiger partial charge in [0.2, 0.25) is 0 Å². The second kappa shape index (κ2) is 19.8. The lowest BCUT2D eigenvalue weighted by molar-refractivity contribution is 0.444. The monoisotopic (exact) mass is 449 g/mol. The molecule has 0 unspecified atom stereocenters. The Balaban J connectivity index is 1.47. The Morgan fingerprint density at radius 1 is 0.424 bits per heavy atom. The maximum absolute atomic E-state index is 5.55. The largest absolute Gasteiger partial charge is 0.330 e. The summed E-state index contributed by atoms with van der Waals surface area (Å²) in [5.74, 6) is 0.760. The number of benzene rings is 2. The summed E-state index contributed by atoms with van der Waals surface area (Å²) in [4.78, 5) is 0. The summed E-state index contributed by atoms with van der Waals surface area (Å²) in [5.41, 5.74) is 8.53. The first kappa shape index (κ1) is 27.6. The van der Waals surface area contributed by atoms with Crippen molar-refractivity contribution in [2.45, 2.75) is 116 Å². The molecule has 0 heterocycles. The minimum Gasteiger partial charge on any atom is -0.330 e. The van der Waals surface area contributed by atoms with Gasteiger partial charge in [-0.3, -0.25) is 0 Å². The number of rotatable bonds is 21. The summed E-state index contributed by atoms with van der Waals surface area (Å²) in [5, 5.41) is 0. The van der Waals surface area contributed by atoms with Crippen molar-refractivity contribution < 1.29 is 0 Å². The molecule has 0 aliphatic rings. The van der Waals surface area contributed by atoms with E-state index in [2.05, 4.69) is 60.7 Å². The molecule has 2 aromatic carbocycles. The lowest BCUT2D eigenvalue weighted by Gasteiger charge is -2.17. The van der Waals surface area contributed by atoms with Gasteiger partial charge in [-0.2, -0.15) is 0 Å². The third-order valence-corrected chi connectivity index (χ3v) is 7.05. The fourth-order valence-electron chi connectivity index (χ4n) is 5.05. The van der Waals surface area contributed by atoms with E-state index in [1.165, 1.54) is 127 Å². The Bertz CT molecular complexity index is 609. The molecule has 1 nitrogen and oxygen atoms in total. The molecule has 0 spiro atoms. The predicted molar refractivity (Wildman–Crippen MR) is 147 cm³/mol. The van der Waals surface area contributed by atoms with E-state index < -0.39 is 0 Å². The predicted octanol–water partition coefficient (Wildman–Crippen LogP) is 9.29. The van der Waals surface area contributed by atoms with E-state index in [9.17, 15) is 0 Å². The second-order valence-corrected chi connectivity index (χ2v) is 10.1. The van der Waals surface area contributed by atoms with Crippen molar-refractivity contribution in [3.05, 3.63) is 71.8 Å². The molecule has 184 valence electrons. The average molecular weight is 450 g/mol. The van der Waals surface area contributed by atoms with Crippen LogP contribution in [0.15, 0.2) is 60.7 Å². The van der Waals surface area contributed by atoms with Crippen LogP contribution >= 0.6 is 0 Å². The molecule has 0 saturated carbocycles. The van der Waals surface area contributed by atoms with E-state index >= 15 is 0 Å². The molecular weight excluding hydrogens is 398 g/mol. The van der Waals surface area contributed by atoms with Gasteiger partial charge in [0, 0.05) is 0 Å². The summed E-state index contributed by atoms with van der Waals surface area (Å²) in [6.45, 7) is 0.864. The quantitative estimate of drug-likeness (QED) is 0.189. The van der Waals surface area contributed by atoms with Crippen molar-refractivity contribution in [3.8, 4) is 0 Å². The van der Waals surface area contributed by atoms with Crippen molar-refractivity contribution in [2.75, 3.05) is 6.54 Å². The van der Waals surface area contributed by atoms with Crippen LogP contribution in [0.3, 0.4) is 0 Å². The Kier molecular flexibility index (Phi) is 16.6. The molecule has 33 heavy (non-hydrogen) atoms. The minimum absolute atomic E-state index is 0.760. The SMILES string of the molecule is NCCCCCCCCCCCCCCCCCC(Cc1ccccc1)Cc1ccccc1. The van der Waals surface area contributed by atoms with Gasteiger partial charge < -0.3 is 5.73 Å². The molecule has 0 radical (unpaired) electrons. The summed E-state index contributed by atoms with van der Waals surface area (Å²) < 4.78 is 0. The highest BCUT2D eigenvalue weighted by atomic mass is 14.5. The topological polar surface area (TPSA) is 26.0 Å². The minimum atomic E-state index is 0.760. The van der Waals surface area contributed by atoms with E-state index in [-0.39, 0.29) is 0 Å². The molecule has 0 bridgehead atoms. The first-order valence-electron chi connectivity index (χ1n) is 14.2. The fraction of sp³-hybridized carbons (Fsp3) is 0.625. The molecule has 0 aliphatic heterocycles. The first-order chi connectivity index (χ1) is 16.4. The summed E-state index contributed by atoms with van der Waals surface area (Å²) in [6, 6.07) is 22.1. The van der Waals surface area contributed by atoms with Gasteiger partial charge in [0.25, 0.3) is 0 Å². The van der Waals surface area contributed by atoms with Gasteiger partial charge in [-0.15, -0.1) is 0 Å². The number of nitrogens with two attached hydrogens (primary N) is 1. The maximum Gasteiger partial charge on any atom is -0.00773 e. The second-order valence-electron chi connectivity index (χ2n) is 10.1. The lowest BCUT2D eigenvalue weighted by atomic mass is 9.88. The van der Waals surface area contributed by atoms with Gasteiger partial charge in [-0.1, -0.05) is 151 Å². The van der Waals surface area contributed by atoms with E-state index in [0.29, 0.717) is 0 Å². The molecule has 0 amide bonds. The van der Waals surface area contributed by atoms with Gasteiger partial charge >= 0.3 is 0 Å². The normalized spacial score (nSPS) is 11.3. The van der Waals surface area contributed by atoms with E-state index in [1.807, 2.05) is 0 Å². The highest BCUT2D eigenvalue weighted by molar-refractivity contribution is 5.18. The van der Waals surface area contributed by atoms with Gasteiger partial charge in [0.05, 0.1) is 0 Å². The van der Waals surface area contributed by atoms with Gasteiger partial charge in [0.1, 0.15) is 0 Å². The molecule has 2 rings (SSSR count). The Morgan fingerprint density at radius 2 is 0.758 bits per heavy atom. The van der Waals surface area contributed by atoms with E-state index in [1.54, 1.807) is 0 Å². The smallest absolute Gasteiger partial charge is 0.00773 e. The van der Waals surface area contributed by atoms with Crippen LogP contribution in [0, 0.1) is 5.92 Å². The Labute approximate surface area is 205 Å². The van der Waals surface area contributed by atoms with Crippen LogP contribution in [0.2, 0.25) is 0 Å². The number of hydrogen-bond acceptors (Lipinski definition) is 1. The molecule has 1 heteroatoms. The fourth-order valence-corrected chi connectivity index (χ4v) is 5.05. The summed E-state index contributed by atoms with van der Waals surface area (Å²) in [7, 11) is 0. The molecule has 0 atom stereocenters. The van der Waals surface area contributed by atoms with Crippen LogP contribution in [0.1, 0.15) is 114 Å². The zero-order chi connectivity index (χ0) is 23.2. The van der Waals surface area contributed by atoms with Crippen molar-refractivity contribution in [1.82, 2.24) is 0 Å². The highest BCUT2D eigenvalue weighted by Gasteiger charge is 2.11. The molecule has 0 saturated heterocycles. The zero-order valence-electron chi connectivity index (χ0n) is 21.4. The van der Waals surface area contributed by atoms with Crippen molar-refractivity contribution >= 4 is 0 Å². The molecule has 0 fully saturated rings. The van der Waals surface area contributed by atoms with Crippen LogP contribution in [-0.2, 0) is 12.8 Å². The van der Waals surface area contributed by atoms with Crippen LogP contribution < -0.4 is 5.73 Å². The molecule has 2 aromatic rings. The van der Waals surface area contributed by atoms with Crippen LogP contribution in [0.25, 0.3) is 0 Å². The maximum atomic E-state index is 5.55. The summed E-state index contributed by atoms with van der Waals surface area (Å²) in [6.07, 6.45) is 24.9. The van der Waals surface area contributed by atoms with Gasteiger partial charge in [-0.25, -0.2) is 0 Å². The Morgan fingerprint density at radius 3 is 1.12 bits per heavy atom. The number of unbranched alkanes of at least 4 members (excludes halogenated alkanes) is 14. The van der Waals surface area contributed by atoms with Crippen LogP contribution in [0.4, 0.5) is 0 Å². The molecular formula is C32H51N. The highest BCUT2D eigenvalue weighted by Crippen LogP contribution is 2.22. The molecule has 2 N–H and O–H groups in total. The van der Waals surface area contributed by atoms with E-state index in [4.69, 9.17) is 5.73 Å². The molecule has 0 aliphatic carbocycles. The van der Waals surface area contributed by atoms with Crippen LogP contribution in [0.5, 0.6) is 0 Å². The number of hydrogen-bond donors (Lipinski definition) is 1. The standard InChI is InChI=1S/C32H51N/c33-27-21-13-11-9-7-5-3-1-2-4-6-8-10-12-16-26-32(28-30-22-17-14-18-23-30)29-31-24-19-15-20-25-31/h14-15,17-20,22-25,32H,1-13,16,21,26-29,33H2. The van der Waals surface area contributed by atoms with Crippen LogP contribution in [-0.4, -0.2) is 6.54 Å². The van der Waals surface area contributed by atoms with Gasteiger partial charge in [0.15, 0.2) is 0 Å². The summed E-state index contributed by atoms with van der Waals surface area (Å²) >= 11 is 0. The Hall–Kier alpha value is -1.60. The van der Waals surface area contributed by atoms with Crippen molar-refractivity contribution in [1.29, 1.82) is 0 Å². The third-order valence-electron chi connectivity index (χ3n) is 7.05. The first-order valence-corrected chi connectivity index (χ1v) is 14.2. The average Bonchev–Trinajstić information content (AvgIpc) is 2.85.